The zero-order valence-electron chi connectivity index (χ0n) is 20.2. The van der Waals surface area contributed by atoms with E-state index in [0.29, 0.717) is 31.0 Å². The van der Waals surface area contributed by atoms with Gasteiger partial charge in [-0.25, -0.2) is 4.79 Å². The van der Waals surface area contributed by atoms with E-state index in [4.69, 9.17) is 9.15 Å². The average Bonchev–Trinajstić information content (AvgIpc) is 2.86. The van der Waals surface area contributed by atoms with Crippen LogP contribution in [-0.2, 0) is 24.2 Å². The second-order valence-corrected chi connectivity index (χ2v) is 10.3. The van der Waals surface area contributed by atoms with Crippen LogP contribution >= 0.6 is 0 Å². The zero-order chi connectivity index (χ0) is 24.3. The number of carbonyl (C=O) groups is 1. The van der Waals surface area contributed by atoms with Crippen molar-refractivity contribution in [2.45, 2.75) is 64.5 Å². The Morgan fingerprint density at radius 2 is 1.86 bits per heavy atom. The lowest BCUT2D eigenvalue weighted by Gasteiger charge is -2.43. The molecular formula is C28H30N2O5. The summed E-state index contributed by atoms with van der Waals surface area (Å²) >= 11 is 0. The van der Waals surface area contributed by atoms with Gasteiger partial charge < -0.3 is 18.6 Å². The highest BCUT2D eigenvalue weighted by atomic mass is 16.5. The number of ether oxygens (including phenoxy) is 1. The molecule has 4 heterocycles. The van der Waals surface area contributed by atoms with Gasteiger partial charge in [-0.05, 0) is 75.6 Å². The summed E-state index contributed by atoms with van der Waals surface area (Å²) in [5.74, 6) is 0.931. The third kappa shape index (κ3) is 3.68. The Morgan fingerprint density at radius 3 is 2.69 bits per heavy atom. The topological polar surface area (TPSA) is 81.8 Å². The van der Waals surface area contributed by atoms with Crippen molar-refractivity contribution in [1.82, 2.24) is 9.47 Å². The normalized spacial score (nSPS) is 21.8. The smallest absolute Gasteiger partial charge is 0.339 e. The van der Waals surface area contributed by atoms with Crippen molar-refractivity contribution in [2.75, 3.05) is 13.1 Å². The molecule has 3 aromatic rings. The Balaban J connectivity index is 1.24. The molecule has 0 radical (unpaired) electrons. The van der Waals surface area contributed by atoms with Gasteiger partial charge in [0.2, 0.25) is 0 Å². The van der Waals surface area contributed by atoms with E-state index >= 15 is 0 Å². The fourth-order valence-corrected chi connectivity index (χ4v) is 6.33. The van der Waals surface area contributed by atoms with Gasteiger partial charge in [-0.1, -0.05) is 6.07 Å². The first kappa shape index (κ1) is 22.1. The molecule has 7 nitrogen and oxygen atoms in total. The van der Waals surface area contributed by atoms with Crippen LogP contribution in [0.5, 0.6) is 5.75 Å². The second kappa shape index (κ2) is 8.40. The van der Waals surface area contributed by atoms with E-state index in [1.54, 1.807) is 19.1 Å². The van der Waals surface area contributed by atoms with Gasteiger partial charge in [-0.2, -0.15) is 0 Å². The molecule has 0 saturated carbocycles. The van der Waals surface area contributed by atoms with Crippen molar-refractivity contribution in [3.8, 4) is 5.75 Å². The van der Waals surface area contributed by atoms with E-state index in [0.717, 1.165) is 59.9 Å². The Kier molecular flexibility index (Phi) is 5.31. The highest BCUT2D eigenvalue weighted by molar-refractivity contribution is 5.86. The van der Waals surface area contributed by atoms with Crippen LogP contribution in [0, 0.1) is 12.8 Å². The summed E-state index contributed by atoms with van der Waals surface area (Å²) < 4.78 is 13.7. The summed E-state index contributed by atoms with van der Waals surface area (Å²) in [7, 11) is 0. The van der Waals surface area contributed by atoms with Crippen molar-refractivity contribution in [3.05, 3.63) is 73.5 Å². The Morgan fingerprint density at radius 1 is 1.06 bits per heavy atom. The number of aromatic nitrogens is 1. The van der Waals surface area contributed by atoms with Crippen LogP contribution in [0.4, 0.5) is 0 Å². The van der Waals surface area contributed by atoms with Crippen LogP contribution in [0.1, 0.15) is 54.5 Å². The van der Waals surface area contributed by atoms with Crippen LogP contribution in [0.2, 0.25) is 0 Å². The summed E-state index contributed by atoms with van der Waals surface area (Å²) in [6, 6.07) is 9.26. The summed E-state index contributed by atoms with van der Waals surface area (Å²) in [6.07, 6.45) is 4.07. The quantitative estimate of drug-likeness (QED) is 0.542. The third-order valence-electron chi connectivity index (χ3n) is 8.03. The predicted molar refractivity (Wildman–Crippen MR) is 132 cm³/mol. The minimum atomic E-state index is -0.674. The standard InChI is InChI=1S/C28H30N2O5/c1-16-24(11-10-21-20-6-3-4-7-22(20)28(33)35-26(16)21)34-17(2)27(32)29-13-18-12-19(15-29)23-8-5-9-25(31)30(23)14-18/h5,8-11,17-19H,3-4,6-7,12-15H2,1-2H3/t17-,18+,19-/m0/s1. The lowest BCUT2D eigenvalue weighted by Crippen LogP contribution is -2.52. The number of likely N-dealkylation sites (tertiary alicyclic amines) is 1. The first-order chi connectivity index (χ1) is 16.9. The van der Waals surface area contributed by atoms with Gasteiger partial charge in [0.05, 0.1) is 0 Å². The molecule has 6 rings (SSSR count). The molecule has 1 saturated heterocycles. The van der Waals surface area contributed by atoms with E-state index in [9.17, 15) is 14.4 Å². The first-order valence-electron chi connectivity index (χ1n) is 12.6. The molecule has 182 valence electrons. The summed E-state index contributed by atoms with van der Waals surface area (Å²) in [6.45, 7) is 5.52. The Labute approximate surface area is 203 Å². The highest BCUT2D eigenvalue weighted by Crippen LogP contribution is 2.36. The molecule has 2 aliphatic heterocycles. The number of hydrogen-bond donors (Lipinski definition) is 0. The number of nitrogens with zero attached hydrogens (tertiary/aromatic N) is 2. The molecule has 0 unspecified atom stereocenters. The van der Waals surface area contributed by atoms with Crippen molar-refractivity contribution < 1.29 is 13.9 Å². The summed E-state index contributed by atoms with van der Waals surface area (Å²) in [4.78, 5) is 40.2. The third-order valence-corrected chi connectivity index (χ3v) is 8.03. The lowest BCUT2D eigenvalue weighted by atomic mass is 9.83. The molecule has 0 spiro atoms. The van der Waals surface area contributed by atoms with Crippen LogP contribution in [-0.4, -0.2) is 34.6 Å². The molecule has 35 heavy (non-hydrogen) atoms. The van der Waals surface area contributed by atoms with E-state index in [1.165, 1.54) is 0 Å². The Bertz CT molecular complexity index is 1450. The molecule has 3 atom stereocenters. The monoisotopic (exact) mass is 474 g/mol. The fraction of sp³-hybridized carbons (Fsp3) is 0.464. The number of fused-ring (bicyclic) bond motifs is 7. The number of benzene rings is 1. The maximum atomic E-state index is 13.4. The van der Waals surface area contributed by atoms with Crippen molar-refractivity contribution in [3.63, 3.8) is 0 Å². The molecule has 1 fully saturated rings. The molecule has 3 aliphatic rings. The second-order valence-electron chi connectivity index (χ2n) is 10.3. The van der Waals surface area contributed by atoms with E-state index in [-0.39, 0.29) is 28.9 Å². The largest absolute Gasteiger partial charge is 0.480 e. The van der Waals surface area contributed by atoms with Crippen LogP contribution in [0.3, 0.4) is 0 Å². The Hall–Kier alpha value is -3.35. The first-order valence-corrected chi connectivity index (χ1v) is 12.6. The summed E-state index contributed by atoms with van der Waals surface area (Å²) in [5, 5.41) is 0.973. The number of aryl methyl sites for hydroxylation is 2. The van der Waals surface area contributed by atoms with Gasteiger partial charge in [0, 0.05) is 53.8 Å². The van der Waals surface area contributed by atoms with Crippen LogP contribution in [0.25, 0.3) is 11.0 Å². The van der Waals surface area contributed by atoms with Gasteiger partial charge in [0.1, 0.15) is 11.3 Å². The number of carbonyl (C=O) groups excluding carboxylic acids is 1. The van der Waals surface area contributed by atoms with Crippen molar-refractivity contribution >= 4 is 16.9 Å². The van der Waals surface area contributed by atoms with E-state index in [1.807, 2.05) is 34.6 Å². The molecule has 1 aromatic carbocycles. The molecule has 1 amide bonds. The minimum absolute atomic E-state index is 0.0355. The minimum Gasteiger partial charge on any atom is -0.480 e. The average molecular weight is 475 g/mol. The zero-order valence-corrected chi connectivity index (χ0v) is 20.2. The lowest BCUT2D eigenvalue weighted by molar-refractivity contribution is -0.140. The van der Waals surface area contributed by atoms with E-state index in [2.05, 4.69) is 0 Å². The van der Waals surface area contributed by atoms with Crippen molar-refractivity contribution in [2.24, 2.45) is 5.92 Å². The van der Waals surface area contributed by atoms with E-state index < -0.39 is 6.10 Å². The van der Waals surface area contributed by atoms with Gasteiger partial charge in [-0.3, -0.25) is 9.59 Å². The number of pyridine rings is 1. The fourth-order valence-electron chi connectivity index (χ4n) is 6.33. The van der Waals surface area contributed by atoms with Crippen molar-refractivity contribution in [1.29, 1.82) is 0 Å². The number of rotatable bonds is 3. The van der Waals surface area contributed by atoms with Gasteiger partial charge in [0.25, 0.3) is 11.5 Å². The summed E-state index contributed by atoms with van der Waals surface area (Å²) in [5.41, 5.74) is 4.01. The maximum Gasteiger partial charge on any atom is 0.339 e. The molecule has 7 heteroatoms. The van der Waals surface area contributed by atoms with Gasteiger partial charge in [0.15, 0.2) is 6.10 Å². The van der Waals surface area contributed by atoms with Crippen LogP contribution < -0.4 is 15.9 Å². The predicted octanol–water partition coefficient (Wildman–Crippen LogP) is 3.56. The maximum absolute atomic E-state index is 13.4. The SMILES string of the molecule is Cc1c(O[C@@H](C)C(=O)N2C[C@H]3C[C@@H](C2)c2cccc(=O)n2C3)ccc2c3c(c(=O)oc12)CCCC3. The number of amides is 1. The molecular weight excluding hydrogens is 444 g/mol. The number of piperidine rings is 1. The highest BCUT2D eigenvalue weighted by Gasteiger charge is 2.37. The van der Waals surface area contributed by atoms with Gasteiger partial charge >= 0.3 is 5.63 Å². The van der Waals surface area contributed by atoms with Crippen LogP contribution in [0.15, 0.2) is 44.3 Å². The molecule has 0 N–H and O–H groups in total. The molecule has 1 aliphatic carbocycles. The molecule has 2 bridgehead atoms. The number of hydrogen-bond acceptors (Lipinski definition) is 5. The molecule has 2 aromatic heterocycles. The van der Waals surface area contributed by atoms with Gasteiger partial charge in [-0.15, -0.1) is 0 Å².